The molecule has 5 unspecified atom stereocenters. The summed E-state index contributed by atoms with van der Waals surface area (Å²) in [4.78, 5) is 52.2. The molecule has 10 heteroatoms. The molecule has 0 spiro atoms. The highest BCUT2D eigenvalue weighted by Gasteiger charge is 2.43. The van der Waals surface area contributed by atoms with Gasteiger partial charge in [-0.15, -0.1) is 0 Å². The summed E-state index contributed by atoms with van der Waals surface area (Å²) in [5.74, 6) is -1.08. The molecule has 0 bridgehead atoms. The van der Waals surface area contributed by atoms with E-state index in [0.717, 1.165) is 36.9 Å². The highest BCUT2D eigenvalue weighted by atomic mass is 16.5. The monoisotopic (exact) mass is 541 g/mol. The van der Waals surface area contributed by atoms with Crippen LogP contribution in [0.1, 0.15) is 57.4 Å². The first-order chi connectivity index (χ1) is 18.8. The van der Waals surface area contributed by atoms with Crippen molar-refractivity contribution in [3.8, 4) is 0 Å². The van der Waals surface area contributed by atoms with Crippen LogP contribution in [0.4, 0.5) is 5.69 Å². The number of likely N-dealkylation sites (N-methyl/N-ethyl adjacent to an activating group) is 1. The third-order valence-corrected chi connectivity index (χ3v) is 7.73. The van der Waals surface area contributed by atoms with Gasteiger partial charge in [0.05, 0.1) is 12.5 Å². The number of nitrogens with one attached hydrogen (secondary N) is 4. The second-order valence-electron chi connectivity index (χ2n) is 10.5. The Labute approximate surface area is 231 Å². The van der Waals surface area contributed by atoms with E-state index in [0.29, 0.717) is 24.8 Å². The van der Waals surface area contributed by atoms with Crippen LogP contribution in [0.15, 0.2) is 36.5 Å². The lowest BCUT2D eigenvalue weighted by Gasteiger charge is -2.36. The molecule has 0 saturated carbocycles. The van der Waals surface area contributed by atoms with Crippen LogP contribution in [0.25, 0.3) is 0 Å². The molecule has 3 rings (SSSR count). The smallest absolute Gasteiger partial charge is 0.245 e. The Hall–Kier alpha value is -3.24. The standard InChI is InChI=1S/C29H43N5O5/c1-19(30-3)20(2)32-25-11-6-5-10-24-12-13-26(34(24)29(25)38)28(37)31-17-21-8-7-9-23(16-21)33-27(36)22(14-15-35)18-39-4/h7-9,15-16,19,22,24-26,30,32H,2,5-6,10-14,17-18H2,1,3-4H3,(H,31,37)(H,33,36). The molecule has 1 aromatic rings. The van der Waals surface area contributed by atoms with Crippen molar-refractivity contribution in [1.29, 1.82) is 0 Å². The number of methoxy groups -OCH3 is 1. The molecule has 5 atom stereocenters. The lowest BCUT2D eigenvalue weighted by atomic mass is 9.98. The highest BCUT2D eigenvalue weighted by molar-refractivity contribution is 5.94. The minimum absolute atomic E-state index is 0.0214. The molecule has 214 valence electrons. The molecule has 2 aliphatic heterocycles. The fraction of sp³-hybridized carbons (Fsp3) is 0.586. The molecule has 39 heavy (non-hydrogen) atoms. The predicted octanol–water partition coefficient (Wildman–Crippen LogP) is 2.11. The van der Waals surface area contributed by atoms with Gasteiger partial charge < -0.3 is 35.7 Å². The fourth-order valence-electron chi connectivity index (χ4n) is 5.32. The van der Waals surface area contributed by atoms with E-state index in [1.165, 1.54) is 7.11 Å². The zero-order chi connectivity index (χ0) is 28.4. The fourth-order valence-corrected chi connectivity index (χ4v) is 5.32. The van der Waals surface area contributed by atoms with E-state index in [4.69, 9.17) is 4.74 Å². The van der Waals surface area contributed by atoms with Crippen molar-refractivity contribution >= 4 is 29.7 Å². The Morgan fingerprint density at radius 1 is 1.21 bits per heavy atom. The lowest BCUT2D eigenvalue weighted by molar-refractivity contribution is -0.142. The Morgan fingerprint density at radius 2 is 1.97 bits per heavy atom. The number of anilines is 1. The third kappa shape index (κ3) is 8.12. The summed E-state index contributed by atoms with van der Waals surface area (Å²) in [6.45, 7) is 6.49. The van der Waals surface area contributed by atoms with Gasteiger partial charge in [0.15, 0.2) is 0 Å². The van der Waals surface area contributed by atoms with Crippen LogP contribution in [0.5, 0.6) is 0 Å². The van der Waals surface area contributed by atoms with E-state index in [1.807, 2.05) is 24.9 Å². The number of amides is 3. The SMILES string of the molecule is C=C(NC1CCCCC2CCC(C(=O)NCc3cccc(NC(=O)C(CC=O)COC)c3)N2C1=O)C(C)NC. The van der Waals surface area contributed by atoms with Crippen LogP contribution in [0, 0.1) is 5.92 Å². The Bertz CT molecular complexity index is 1030. The Balaban J connectivity index is 1.63. The average molecular weight is 542 g/mol. The van der Waals surface area contributed by atoms with Gasteiger partial charge in [-0.1, -0.05) is 31.6 Å². The first kappa shape index (κ1) is 30.3. The van der Waals surface area contributed by atoms with E-state index < -0.39 is 18.0 Å². The normalized spacial score (nSPS) is 22.6. The summed E-state index contributed by atoms with van der Waals surface area (Å²) in [5, 5.41) is 12.3. The summed E-state index contributed by atoms with van der Waals surface area (Å²) < 4.78 is 5.05. The minimum atomic E-state index is -0.571. The van der Waals surface area contributed by atoms with Crippen LogP contribution in [0.3, 0.4) is 0 Å². The molecule has 4 N–H and O–H groups in total. The molecular weight excluding hydrogens is 498 g/mol. The summed E-state index contributed by atoms with van der Waals surface area (Å²) in [6.07, 6.45) is 5.83. The van der Waals surface area contributed by atoms with E-state index in [2.05, 4.69) is 27.8 Å². The molecule has 0 radical (unpaired) electrons. The lowest BCUT2D eigenvalue weighted by Crippen LogP contribution is -2.56. The van der Waals surface area contributed by atoms with Crippen LogP contribution < -0.4 is 21.3 Å². The number of aldehydes is 1. The van der Waals surface area contributed by atoms with Gasteiger partial charge in [-0.05, 0) is 57.4 Å². The maximum Gasteiger partial charge on any atom is 0.245 e. The van der Waals surface area contributed by atoms with Gasteiger partial charge >= 0.3 is 0 Å². The number of benzene rings is 1. The summed E-state index contributed by atoms with van der Waals surface area (Å²) in [6, 6.07) is 6.38. The maximum atomic E-state index is 13.7. The molecular formula is C29H43N5O5. The van der Waals surface area contributed by atoms with E-state index in [-0.39, 0.29) is 49.4 Å². The zero-order valence-electron chi connectivity index (χ0n) is 23.3. The van der Waals surface area contributed by atoms with Crippen molar-refractivity contribution in [3.63, 3.8) is 0 Å². The number of carbonyl (C=O) groups is 4. The summed E-state index contributed by atoms with van der Waals surface area (Å²) in [5.41, 5.74) is 2.15. The topological polar surface area (TPSA) is 129 Å². The second kappa shape index (κ2) is 14.8. The van der Waals surface area contributed by atoms with Gasteiger partial charge in [0, 0.05) is 43.5 Å². The molecule has 0 aromatic heterocycles. The van der Waals surface area contributed by atoms with Gasteiger partial charge in [0.1, 0.15) is 18.4 Å². The minimum Gasteiger partial charge on any atom is -0.384 e. The number of hydrogen-bond donors (Lipinski definition) is 4. The van der Waals surface area contributed by atoms with Crippen molar-refractivity contribution in [1.82, 2.24) is 20.9 Å². The molecule has 2 fully saturated rings. The largest absolute Gasteiger partial charge is 0.384 e. The number of hydrogen-bond acceptors (Lipinski definition) is 7. The number of fused-ring (bicyclic) bond motifs is 1. The van der Waals surface area contributed by atoms with Gasteiger partial charge in [-0.3, -0.25) is 14.4 Å². The van der Waals surface area contributed by atoms with E-state index in [1.54, 1.807) is 18.2 Å². The number of nitrogens with zero attached hydrogens (tertiary/aromatic N) is 1. The van der Waals surface area contributed by atoms with Crippen LogP contribution in [-0.4, -0.2) is 73.8 Å². The highest BCUT2D eigenvalue weighted by Crippen LogP contribution is 2.31. The third-order valence-electron chi connectivity index (χ3n) is 7.73. The first-order valence-corrected chi connectivity index (χ1v) is 13.8. The molecule has 2 heterocycles. The quantitative estimate of drug-likeness (QED) is 0.282. The van der Waals surface area contributed by atoms with Crippen molar-refractivity contribution in [2.45, 2.75) is 82.6 Å². The molecule has 2 saturated heterocycles. The molecule has 0 aliphatic carbocycles. The van der Waals surface area contributed by atoms with Crippen molar-refractivity contribution in [3.05, 3.63) is 42.1 Å². The van der Waals surface area contributed by atoms with Gasteiger partial charge in [-0.2, -0.15) is 0 Å². The van der Waals surface area contributed by atoms with Gasteiger partial charge in [0.25, 0.3) is 0 Å². The van der Waals surface area contributed by atoms with Crippen molar-refractivity contribution in [2.75, 3.05) is 26.1 Å². The molecule has 1 aromatic carbocycles. The zero-order valence-corrected chi connectivity index (χ0v) is 23.3. The number of carbonyl (C=O) groups excluding carboxylic acids is 4. The summed E-state index contributed by atoms with van der Waals surface area (Å²) >= 11 is 0. The summed E-state index contributed by atoms with van der Waals surface area (Å²) in [7, 11) is 3.34. The second-order valence-corrected chi connectivity index (χ2v) is 10.5. The Kier molecular flexibility index (Phi) is 11.5. The predicted molar refractivity (Wildman–Crippen MR) is 150 cm³/mol. The molecule has 3 amide bonds. The maximum absolute atomic E-state index is 13.7. The average Bonchev–Trinajstić information content (AvgIpc) is 3.35. The van der Waals surface area contributed by atoms with Gasteiger partial charge in [-0.25, -0.2) is 0 Å². The Morgan fingerprint density at radius 3 is 2.69 bits per heavy atom. The van der Waals surface area contributed by atoms with Crippen LogP contribution in [-0.2, 0) is 30.5 Å². The van der Waals surface area contributed by atoms with Crippen molar-refractivity contribution < 1.29 is 23.9 Å². The van der Waals surface area contributed by atoms with Gasteiger partial charge in [0.2, 0.25) is 17.7 Å². The molecule has 2 aliphatic rings. The van der Waals surface area contributed by atoms with Crippen molar-refractivity contribution in [2.24, 2.45) is 5.92 Å². The van der Waals surface area contributed by atoms with E-state index >= 15 is 0 Å². The number of rotatable bonds is 13. The first-order valence-electron chi connectivity index (χ1n) is 13.8. The number of ether oxygens (including phenoxy) is 1. The van der Waals surface area contributed by atoms with Crippen LogP contribution in [0.2, 0.25) is 0 Å². The molecule has 10 nitrogen and oxygen atoms in total. The van der Waals surface area contributed by atoms with Crippen LogP contribution >= 0.6 is 0 Å². The van der Waals surface area contributed by atoms with E-state index in [9.17, 15) is 19.2 Å².